The maximum absolute atomic E-state index is 14.4. The molecule has 3 rings (SSSR count). The molecule has 0 unspecified atom stereocenters. The number of carboxylic acid groups (broad SMARTS) is 1. The van der Waals surface area contributed by atoms with E-state index in [0.717, 1.165) is 6.92 Å². The number of aliphatic hydroxyl groups is 3. The Kier molecular flexibility index (Phi) is 24.7. The van der Waals surface area contributed by atoms with Crippen molar-refractivity contribution in [1.29, 1.82) is 0 Å². The van der Waals surface area contributed by atoms with Crippen LogP contribution in [0.4, 0.5) is 0 Å². The highest BCUT2D eigenvalue weighted by atomic mass is 16.4. The van der Waals surface area contributed by atoms with Crippen molar-refractivity contribution in [3.63, 3.8) is 0 Å². The van der Waals surface area contributed by atoms with Crippen molar-refractivity contribution in [2.45, 2.75) is 126 Å². The number of carboxylic acids is 1. The van der Waals surface area contributed by atoms with Crippen molar-refractivity contribution in [2.75, 3.05) is 32.8 Å². The van der Waals surface area contributed by atoms with Crippen molar-refractivity contribution in [1.82, 2.24) is 47.4 Å². The average molecular weight is 1010 g/mol. The fourth-order valence-electron chi connectivity index (χ4n) is 7.49. The molecule has 2 aromatic carbocycles. The SMILES string of the molecule is C[C@H](N)C(=O)N[C@@H](CO)C(=O)N[C@H](C(=O)NCC(=O)N[C@@H](CCCCN)C(=O)N[C@H](C(=O)N[C@@H](Cc1ccccc1)C(=O)N1CCC[C@H]1C(=O)NCC(=O)N[C@@H](Cc1ccccc1)C(=O)O)[C@@H](C)O)[C@@H](C)O. The van der Waals surface area contributed by atoms with E-state index in [-0.39, 0.29) is 38.8 Å². The molecule has 0 spiro atoms. The summed E-state index contributed by atoms with van der Waals surface area (Å²) >= 11 is 0. The molecule has 16 N–H and O–H groups in total. The Morgan fingerprint density at radius 3 is 1.64 bits per heavy atom. The van der Waals surface area contributed by atoms with Crippen molar-refractivity contribution >= 4 is 59.1 Å². The summed E-state index contributed by atoms with van der Waals surface area (Å²) in [7, 11) is 0. The molecule has 25 nitrogen and oxygen atoms in total. The number of likely N-dealkylation sites (tertiary alicyclic amines) is 1. The van der Waals surface area contributed by atoms with Crippen LogP contribution in [0.5, 0.6) is 0 Å². The number of hydrogen-bond acceptors (Lipinski definition) is 15. The topological polar surface area (TPSA) is 403 Å². The molecule has 2 aromatic rings. The summed E-state index contributed by atoms with van der Waals surface area (Å²) in [4.78, 5) is 133. The lowest BCUT2D eigenvalue weighted by Gasteiger charge is -2.31. The normalized spacial score (nSPS) is 16.9. The molecule has 396 valence electrons. The lowest BCUT2D eigenvalue weighted by molar-refractivity contribution is -0.143. The molecule has 1 fully saturated rings. The van der Waals surface area contributed by atoms with E-state index in [1.165, 1.54) is 18.7 Å². The molecular weight excluding hydrogens is 943 g/mol. The Bertz CT molecular complexity index is 2170. The first-order valence-corrected chi connectivity index (χ1v) is 23.6. The highest BCUT2D eigenvalue weighted by molar-refractivity contribution is 5.98. The zero-order valence-electron chi connectivity index (χ0n) is 40.5. The number of rotatable bonds is 29. The molecule has 0 radical (unpaired) electrons. The van der Waals surface area contributed by atoms with Gasteiger partial charge in [-0.3, -0.25) is 43.2 Å². The third-order valence-corrected chi connectivity index (χ3v) is 11.5. The Labute approximate surface area is 416 Å². The Balaban J connectivity index is 1.72. The number of unbranched alkanes of at least 4 members (excludes halogenated alkanes) is 1. The second-order valence-corrected chi connectivity index (χ2v) is 17.4. The van der Waals surface area contributed by atoms with Crippen LogP contribution in [0.15, 0.2) is 60.7 Å². The van der Waals surface area contributed by atoms with E-state index in [0.29, 0.717) is 30.4 Å². The number of hydrogen-bond donors (Lipinski definition) is 14. The Hall–Kier alpha value is -7.06. The molecule has 10 atom stereocenters. The molecule has 1 saturated heterocycles. The highest BCUT2D eigenvalue weighted by Crippen LogP contribution is 2.20. The van der Waals surface area contributed by atoms with Gasteiger partial charge in [-0.15, -0.1) is 0 Å². The number of aliphatic hydroxyl groups excluding tert-OH is 3. The van der Waals surface area contributed by atoms with Gasteiger partial charge in [0.25, 0.3) is 0 Å². The highest BCUT2D eigenvalue weighted by Gasteiger charge is 2.40. The van der Waals surface area contributed by atoms with Crippen LogP contribution in [-0.4, -0.2) is 178 Å². The van der Waals surface area contributed by atoms with Gasteiger partial charge in [-0.05, 0) is 70.5 Å². The number of nitrogens with zero attached hydrogens (tertiary/aromatic N) is 1. The molecule has 0 aliphatic carbocycles. The van der Waals surface area contributed by atoms with Gasteiger partial charge in [0.1, 0.15) is 42.3 Å². The third kappa shape index (κ3) is 19.3. The van der Waals surface area contributed by atoms with Crippen molar-refractivity contribution in [3.05, 3.63) is 71.8 Å². The Morgan fingerprint density at radius 2 is 1.12 bits per heavy atom. The van der Waals surface area contributed by atoms with Gasteiger partial charge in [0.05, 0.1) is 37.9 Å². The summed E-state index contributed by atoms with van der Waals surface area (Å²) in [5.74, 6) is -9.17. The minimum atomic E-state index is -1.71. The quantitative estimate of drug-likeness (QED) is 0.0339. The largest absolute Gasteiger partial charge is 0.480 e. The number of amides is 9. The summed E-state index contributed by atoms with van der Waals surface area (Å²) < 4.78 is 0. The molecule has 1 heterocycles. The van der Waals surface area contributed by atoms with Crippen LogP contribution in [0.1, 0.15) is 64.0 Å². The molecule has 0 aromatic heterocycles. The monoisotopic (exact) mass is 1010 g/mol. The first-order chi connectivity index (χ1) is 34.2. The van der Waals surface area contributed by atoms with Gasteiger partial charge in [-0.1, -0.05) is 60.7 Å². The van der Waals surface area contributed by atoms with E-state index in [4.69, 9.17) is 11.5 Å². The third-order valence-electron chi connectivity index (χ3n) is 11.5. The smallest absolute Gasteiger partial charge is 0.326 e. The zero-order valence-corrected chi connectivity index (χ0v) is 40.5. The standard InChI is InChI=1S/C47H69N11O14/c1-26(49)40(64)55-34(25-59)42(66)56-38(27(2)60)44(68)51-24-36(62)52-31(17-10-11-19-48)41(65)57-39(28(3)61)45(69)54-32(21-29-13-6-4-7-14-29)46(70)58-20-12-18-35(58)43(67)50-23-37(63)53-33(47(71)72)22-30-15-8-5-9-16-30/h4-9,13-16,26-28,31-35,38-39,59-61H,10-12,17-25,48-49H2,1-3H3,(H,50,67)(H,51,68)(H,52,62)(H,53,63)(H,54,69)(H,55,64)(H,56,66)(H,57,65)(H,71,72)/t26-,27+,28+,31-,32-,33-,34-,35-,38-,39-/m0/s1. The fraction of sp³-hybridized carbons (Fsp3) is 0.532. The van der Waals surface area contributed by atoms with Gasteiger partial charge in [-0.25, -0.2) is 4.79 Å². The summed E-state index contributed by atoms with van der Waals surface area (Å²) in [6.45, 7) is 1.78. The molecule has 25 heteroatoms. The number of aliphatic carboxylic acids is 1. The second kappa shape index (κ2) is 30.0. The van der Waals surface area contributed by atoms with Crippen LogP contribution < -0.4 is 54.0 Å². The van der Waals surface area contributed by atoms with E-state index in [1.54, 1.807) is 60.7 Å². The van der Waals surface area contributed by atoms with Crippen molar-refractivity contribution in [2.24, 2.45) is 11.5 Å². The average Bonchev–Trinajstić information content (AvgIpc) is 3.84. The number of carbonyl (C=O) groups excluding carboxylic acids is 9. The summed E-state index contributed by atoms with van der Waals surface area (Å²) in [6.07, 6.45) is -1.93. The molecule has 0 saturated carbocycles. The number of nitrogens with two attached hydrogens (primary N) is 2. The van der Waals surface area contributed by atoms with Gasteiger partial charge in [0.15, 0.2) is 0 Å². The molecule has 72 heavy (non-hydrogen) atoms. The van der Waals surface area contributed by atoms with E-state index in [1.807, 2.05) is 0 Å². The van der Waals surface area contributed by atoms with Crippen LogP contribution in [-0.2, 0) is 60.8 Å². The minimum Gasteiger partial charge on any atom is -0.480 e. The first kappa shape index (κ1) is 59.2. The molecule has 1 aliphatic heterocycles. The van der Waals surface area contributed by atoms with Crippen LogP contribution in [0.3, 0.4) is 0 Å². The van der Waals surface area contributed by atoms with Crippen LogP contribution >= 0.6 is 0 Å². The lowest BCUT2D eigenvalue weighted by atomic mass is 10.0. The predicted octanol–water partition coefficient (Wildman–Crippen LogP) is -5.08. The summed E-state index contributed by atoms with van der Waals surface area (Å²) in [5, 5.41) is 59.4. The van der Waals surface area contributed by atoms with Crippen molar-refractivity contribution < 1.29 is 68.4 Å². The minimum absolute atomic E-state index is 0.00481. The number of nitrogens with one attached hydrogen (secondary N) is 8. The van der Waals surface area contributed by atoms with Gasteiger partial charge >= 0.3 is 5.97 Å². The number of carbonyl (C=O) groups is 10. The van der Waals surface area contributed by atoms with Gasteiger partial charge in [0, 0.05) is 19.4 Å². The van der Waals surface area contributed by atoms with Crippen molar-refractivity contribution in [3.8, 4) is 0 Å². The van der Waals surface area contributed by atoms with E-state index < -0.39 is 139 Å². The molecular formula is C47H69N11O14. The van der Waals surface area contributed by atoms with Gasteiger partial charge in [0.2, 0.25) is 53.2 Å². The lowest BCUT2D eigenvalue weighted by Crippen LogP contribution is -2.61. The molecule has 0 bridgehead atoms. The zero-order chi connectivity index (χ0) is 53.5. The summed E-state index contributed by atoms with van der Waals surface area (Å²) in [5.41, 5.74) is 12.4. The molecule has 9 amide bonds. The van der Waals surface area contributed by atoms with Gasteiger partial charge in [-0.2, -0.15) is 0 Å². The maximum atomic E-state index is 14.4. The summed E-state index contributed by atoms with van der Waals surface area (Å²) in [6, 6.07) is 6.16. The van der Waals surface area contributed by atoms with Crippen LogP contribution in [0.2, 0.25) is 0 Å². The van der Waals surface area contributed by atoms with Crippen LogP contribution in [0.25, 0.3) is 0 Å². The second-order valence-electron chi connectivity index (χ2n) is 17.4. The fourth-order valence-corrected chi connectivity index (χ4v) is 7.49. The Morgan fingerprint density at radius 1 is 0.625 bits per heavy atom. The van der Waals surface area contributed by atoms with E-state index >= 15 is 0 Å². The van der Waals surface area contributed by atoms with Crippen LogP contribution in [0, 0.1) is 0 Å². The van der Waals surface area contributed by atoms with Gasteiger partial charge < -0.3 is 79.3 Å². The molecule has 1 aliphatic rings. The number of benzene rings is 2. The van der Waals surface area contributed by atoms with E-state index in [2.05, 4.69) is 42.5 Å². The maximum Gasteiger partial charge on any atom is 0.326 e. The van der Waals surface area contributed by atoms with E-state index in [9.17, 15) is 68.4 Å². The predicted molar refractivity (Wildman–Crippen MR) is 257 cm³/mol. The first-order valence-electron chi connectivity index (χ1n) is 23.6.